The molecule has 1 aliphatic carbocycles. The van der Waals surface area contributed by atoms with Gasteiger partial charge in [-0.3, -0.25) is 4.79 Å². The van der Waals surface area contributed by atoms with E-state index in [9.17, 15) is 4.79 Å². The van der Waals surface area contributed by atoms with Crippen molar-refractivity contribution >= 4 is 5.78 Å². The van der Waals surface area contributed by atoms with Gasteiger partial charge in [-0.25, -0.2) is 0 Å². The molecule has 32 heavy (non-hydrogen) atoms. The number of ketones is 1. The van der Waals surface area contributed by atoms with E-state index in [1.807, 2.05) is 0 Å². The zero-order valence-electron chi connectivity index (χ0n) is 19.9. The topological polar surface area (TPSA) is 44.8 Å². The molecule has 0 spiro atoms. The SMILES string of the molecule is COc1cc(C(=O)C2CCCCCCCC(c3ccccc3)CCC2)cc(OC)c1OC. The second-order valence-corrected chi connectivity index (χ2v) is 8.86. The second-order valence-electron chi connectivity index (χ2n) is 8.86. The van der Waals surface area contributed by atoms with Gasteiger partial charge in [0.1, 0.15) is 0 Å². The van der Waals surface area contributed by atoms with E-state index >= 15 is 0 Å². The highest BCUT2D eigenvalue weighted by Gasteiger charge is 2.24. The molecule has 2 aromatic rings. The molecule has 174 valence electrons. The minimum absolute atomic E-state index is 0.0358. The number of hydrogen-bond acceptors (Lipinski definition) is 4. The third kappa shape index (κ3) is 6.27. The fourth-order valence-electron chi connectivity index (χ4n) is 4.99. The molecule has 0 bridgehead atoms. The van der Waals surface area contributed by atoms with Gasteiger partial charge in [0.2, 0.25) is 5.75 Å². The maximum absolute atomic E-state index is 13.6. The fourth-order valence-corrected chi connectivity index (χ4v) is 4.99. The van der Waals surface area contributed by atoms with E-state index in [0.717, 1.165) is 32.1 Å². The molecular formula is C28H38O4. The standard InChI is InChI=1S/C28H38O4/c1-30-25-19-24(20-26(31-2)28(25)32-3)27(29)23-16-9-6-4-5-8-13-22(17-12-18-23)21-14-10-7-11-15-21/h7,10-11,14-15,19-20,22-23H,4-6,8-9,12-13,16-18H2,1-3H3. The van der Waals surface area contributed by atoms with Crippen LogP contribution >= 0.6 is 0 Å². The van der Waals surface area contributed by atoms with Crippen LogP contribution in [0.15, 0.2) is 42.5 Å². The van der Waals surface area contributed by atoms with E-state index in [1.165, 1.54) is 37.7 Å². The van der Waals surface area contributed by atoms with Crippen molar-refractivity contribution in [3.8, 4) is 17.2 Å². The smallest absolute Gasteiger partial charge is 0.203 e. The maximum Gasteiger partial charge on any atom is 0.203 e. The van der Waals surface area contributed by atoms with E-state index in [-0.39, 0.29) is 11.7 Å². The highest BCUT2D eigenvalue weighted by atomic mass is 16.5. The first-order valence-electron chi connectivity index (χ1n) is 12.1. The van der Waals surface area contributed by atoms with E-state index in [0.29, 0.717) is 28.7 Å². The Morgan fingerprint density at radius 3 is 1.91 bits per heavy atom. The number of methoxy groups -OCH3 is 3. The number of carbonyl (C=O) groups excluding carboxylic acids is 1. The number of Topliss-reactive ketones (excluding diaryl/α,β-unsaturated/α-hetero) is 1. The zero-order valence-corrected chi connectivity index (χ0v) is 19.9. The number of carbonyl (C=O) groups is 1. The van der Waals surface area contributed by atoms with Gasteiger partial charge in [0.15, 0.2) is 17.3 Å². The summed E-state index contributed by atoms with van der Waals surface area (Å²) >= 11 is 0. The molecule has 0 saturated heterocycles. The van der Waals surface area contributed by atoms with Gasteiger partial charge in [-0.15, -0.1) is 0 Å². The lowest BCUT2D eigenvalue weighted by Gasteiger charge is -2.22. The molecule has 0 radical (unpaired) electrons. The zero-order chi connectivity index (χ0) is 22.8. The van der Waals surface area contributed by atoms with Crippen molar-refractivity contribution < 1.29 is 19.0 Å². The van der Waals surface area contributed by atoms with E-state index < -0.39 is 0 Å². The van der Waals surface area contributed by atoms with Crippen LogP contribution in [0.25, 0.3) is 0 Å². The molecule has 0 N–H and O–H groups in total. The van der Waals surface area contributed by atoms with Gasteiger partial charge in [-0.05, 0) is 49.3 Å². The third-order valence-electron chi connectivity index (χ3n) is 6.80. The van der Waals surface area contributed by atoms with Gasteiger partial charge in [0.05, 0.1) is 21.3 Å². The first-order valence-corrected chi connectivity index (χ1v) is 12.1. The van der Waals surface area contributed by atoms with Crippen molar-refractivity contribution in [3.05, 3.63) is 53.6 Å². The van der Waals surface area contributed by atoms with Crippen molar-refractivity contribution in [1.29, 1.82) is 0 Å². The van der Waals surface area contributed by atoms with Crippen LogP contribution < -0.4 is 14.2 Å². The molecule has 3 rings (SSSR count). The predicted molar refractivity (Wildman–Crippen MR) is 129 cm³/mol. The summed E-state index contributed by atoms with van der Waals surface area (Å²) in [4.78, 5) is 13.6. The van der Waals surface area contributed by atoms with Crippen molar-refractivity contribution in [1.82, 2.24) is 0 Å². The van der Waals surface area contributed by atoms with Crippen LogP contribution in [0.1, 0.15) is 86.0 Å². The quantitative estimate of drug-likeness (QED) is 0.447. The molecule has 1 fully saturated rings. The summed E-state index contributed by atoms with van der Waals surface area (Å²) in [6, 6.07) is 14.5. The predicted octanol–water partition coefficient (Wildman–Crippen LogP) is 7.21. The average molecular weight is 439 g/mol. The van der Waals surface area contributed by atoms with Gasteiger partial charge in [0, 0.05) is 11.5 Å². The summed E-state index contributed by atoms with van der Waals surface area (Å²) in [6.45, 7) is 0. The molecule has 2 unspecified atom stereocenters. The van der Waals surface area contributed by atoms with Gasteiger partial charge < -0.3 is 14.2 Å². The highest BCUT2D eigenvalue weighted by Crippen LogP contribution is 2.39. The van der Waals surface area contributed by atoms with Crippen molar-refractivity contribution in [3.63, 3.8) is 0 Å². The lowest BCUT2D eigenvalue weighted by atomic mass is 9.83. The van der Waals surface area contributed by atoms with Crippen molar-refractivity contribution in [2.24, 2.45) is 5.92 Å². The van der Waals surface area contributed by atoms with Crippen LogP contribution in [0.5, 0.6) is 17.2 Å². The minimum Gasteiger partial charge on any atom is -0.493 e. The summed E-state index contributed by atoms with van der Waals surface area (Å²) < 4.78 is 16.4. The summed E-state index contributed by atoms with van der Waals surface area (Å²) in [5, 5.41) is 0. The Hall–Kier alpha value is -2.49. The Bertz CT molecular complexity index is 821. The highest BCUT2D eigenvalue weighted by molar-refractivity contribution is 5.99. The van der Waals surface area contributed by atoms with Gasteiger partial charge in [-0.1, -0.05) is 68.9 Å². The first kappa shape index (κ1) is 24.2. The lowest BCUT2D eigenvalue weighted by molar-refractivity contribution is 0.0900. The molecule has 2 aromatic carbocycles. The number of benzene rings is 2. The molecule has 0 amide bonds. The van der Waals surface area contributed by atoms with Crippen molar-refractivity contribution in [2.75, 3.05) is 21.3 Å². The Labute approximate surface area is 193 Å². The van der Waals surface area contributed by atoms with Gasteiger partial charge >= 0.3 is 0 Å². The minimum atomic E-state index is 0.0358. The molecular weight excluding hydrogens is 400 g/mol. The molecule has 1 aliphatic rings. The molecule has 4 heteroatoms. The second kappa shape index (κ2) is 12.5. The molecule has 0 aromatic heterocycles. The fraction of sp³-hybridized carbons (Fsp3) is 0.536. The monoisotopic (exact) mass is 438 g/mol. The molecule has 4 nitrogen and oxygen atoms in total. The van der Waals surface area contributed by atoms with Crippen LogP contribution in [-0.4, -0.2) is 27.1 Å². The third-order valence-corrected chi connectivity index (χ3v) is 6.80. The van der Waals surface area contributed by atoms with Gasteiger partial charge in [-0.2, -0.15) is 0 Å². The Balaban J connectivity index is 1.77. The van der Waals surface area contributed by atoms with E-state index in [2.05, 4.69) is 30.3 Å². The van der Waals surface area contributed by atoms with Crippen LogP contribution in [0.3, 0.4) is 0 Å². The Morgan fingerprint density at radius 1 is 0.719 bits per heavy atom. The normalized spacial score (nSPS) is 20.5. The lowest BCUT2D eigenvalue weighted by Crippen LogP contribution is -2.16. The first-order chi connectivity index (χ1) is 15.7. The van der Waals surface area contributed by atoms with Crippen LogP contribution in [0.4, 0.5) is 0 Å². The van der Waals surface area contributed by atoms with E-state index in [4.69, 9.17) is 14.2 Å². The maximum atomic E-state index is 13.6. The number of ether oxygens (including phenoxy) is 3. The summed E-state index contributed by atoms with van der Waals surface area (Å²) in [6.07, 6.45) is 11.5. The summed E-state index contributed by atoms with van der Waals surface area (Å²) in [7, 11) is 4.76. The Kier molecular flexibility index (Phi) is 9.45. The van der Waals surface area contributed by atoms with E-state index in [1.54, 1.807) is 33.5 Å². The summed E-state index contributed by atoms with van der Waals surface area (Å²) in [5.74, 6) is 2.41. The Morgan fingerprint density at radius 2 is 1.28 bits per heavy atom. The molecule has 0 heterocycles. The number of hydrogen-bond donors (Lipinski definition) is 0. The summed E-state index contributed by atoms with van der Waals surface area (Å²) in [5.41, 5.74) is 2.09. The molecule has 1 saturated carbocycles. The number of rotatable bonds is 6. The van der Waals surface area contributed by atoms with Crippen LogP contribution in [0.2, 0.25) is 0 Å². The van der Waals surface area contributed by atoms with Crippen LogP contribution in [-0.2, 0) is 0 Å². The largest absolute Gasteiger partial charge is 0.493 e. The molecule has 2 atom stereocenters. The van der Waals surface area contributed by atoms with Gasteiger partial charge in [0.25, 0.3) is 0 Å². The van der Waals surface area contributed by atoms with Crippen LogP contribution in [0, 0.1) is 5.92 Å². The van der Waals surface area contributed by atoms with Crippen molar-refractivity contribution in [2.45, 2.75) is 70.1 Å². The molecule has 0 aliphatic heterocycles. The average Bonchev–Trinajstić information content (AvgIpc) is 2.83.